The molecule has 1 unspecified atom stereocenters. The molecule has 0 amide bonds. The number of hydrogen-bond donors (Lipinski definition) is 2. The highest BCUT2D eigenvalue weighted by molar-refractivity contribution is 5.46. The van der Waals surface area contributed by atoms with Crippen LogP contribution in [0.1, 0.15) is 16.8 Å². The Labute approximate surface area is 135 Å². The Balaban J connectivity index is 1.52. The Bertz CT molecular complexity index is 712. The van der Waals surface area contributed by atoms with Crippen LogP contribution in [-0.4, -0.2) is 45.7 Å². The van der Waals surface area contributed by atoms with Crippen molar-refractivity contribution in [3.05, 3.63) is 53.5 Å². The van der Waals surface area contributed by atoms with E-state index < -0.39 is 6.10 Å². The maximum atomic E-state index is 10.2. The van der Waals surface area contributed by atoms with Gasteiger partial charge in [-0.1, -0.05) is 24.3 Å². The van der Waals surface area contributed by atoms with Gasteiger partial charge in [0.05, 0.1) is 6.10 Å². The quantitative estimate of drug-likeness (QED) is 0.862. The second-order valence-corrected chi connectivity index (χ2v) is 5.65. The molecule has 2 N–H and O–H groups in total. The lowest BCUT2D eigenvalue weighted by molar-refractivity contribution is 0.114. The lowest BCUT2D eigenvalue weighted by atomic mass is 10.00. The van der Waals surface area contributed by atoms with E-state index in [0.29, 0.717) is 18.9 Å². The maximum Gasteiger partial charge on any atom is 0.182 e. The molecule has 0 fully saturated rings. The molecule has 0 saturated carbocycles. The summed E-state index contributed by atoms with van der Waals surface area (Å²) < 4.78 is 0. The molecule has 1 aromatic heterocycles. The molecule has 0 bridgehead atoms. The molecule has 1 atom stereocenters. The number of hydrogen-bond acceptors (Lipinski definition) is 6. The van der Waals surface area contributed by atoms with Crippen LogP contribution in [0.15, 0.2) is 36.7 Å². The molecule has 2 aromatic rings. The third kappa shape index (κ3) is 3.83. The van der Waals surface area contributed by atoms with Crippen molar-refractivity contribution in [2.45, 2.75) is 19.1 Å². The third-order valence-electron chi connectivity index (χ3n) is 3.99. The standard InChI is InChI=1S/C17H19N5O/c18-9-16-17(20-7-6-19-16)21-10-15(23)12-22-8-5-13-3-1-2-4-14(13)11-22/h1-4,6-7,15,23H,5,8,10-12H2,(H,20,21). The second kappa shape index (κ2) is 7.18. The van der Waals surface area contributed by atoms with E-state index in [9.17, 15) is 5.11 Å². The Morgan fingerprint density at radius 3 is 2.87 bits per heavy atom. The van der Waals surface area contributed by atoms with Gasteiger partial charge in [-0.25, -0.2) is 9.97 Å². The van der Waals surface area contributed by atoms with Crippen LogP contribution in [0.3, 0.4) is 0 Å². The number of benzene rings is 1. The van der Waals surface area contributed by atoms with Crippen LogP contribution in [0.2, 0.25) is 0 Å². The van der Waals surface area contributed by atoms with Crippen molar-refractivity contribution in [3.63, 3.8) is 0 Å². The van der Waals surface area contributed by atoms with E-state index in [-0.39, 0.29) is 5.69 Å². The molecule has 1 aliphatic rings. The summed E-state index contributed by atoms with van der Waals surface area (Å²) in [7, 11) is 0. The summed E-state index contributed by atoms with van der Waals surface area (Å²) in [6.45, 7) is 2.74. The Kier molecular flexibility index (Phi) is 4.81. The van der Waals surface area contributed by atoms with Gasteiger partial charge in [0.2, 0.25) is 0 Å². The third-order valence-corrected chi connectivity index (χ3v) is 3.99. The van der Waals surface area contributed by atoms with Gasteiger partial charge in [0.25, 0.3) is 0 Å². The molecule has 6 heteroatoms. The van der Waals surface area contributed by atoms with Crippen molar-refractivity contribution in [1.29, 1.82) is 5.26 Å². The molecule has 0 radical (unpaired) electrons. The van der Waals surface area contributed by atoms with Gasteiger partial charge in [0.1, 0.15) is 6.07 Å². The number of nitriles is 1. The fourth-order valence-electron chi connectivity index (χ4n) is 2.84. The largest absolute Gasteiger partial charge is 0.390 e. The maximum absolute atomic E-state index is 10.2. The topological polar surface area (TPSA) is 85.1 Å². The number of β-amino-alcohol motifs (C(OH)–C–C–N with tert-alkyl or cyclic N) is 1. The van der Waals surface area contributed by atoms with E-state index in [1.165, 1.54) is 23.5 Å². The molecule has 0 spiro atoms. The first-order chi connectivity index (χ1) is 11.3. The first-order valence-corrected chi connectivity index (χ1v) is 7.68. The fourth-order valence-corrected chi connectivity index (χ4v) is 2.84. The van der Waals surface area contributed by atoms with E-state index in [1.54, 1.807) is 0 Å². The van der Waals surface area contributed by atoms with Crippen molar-refractivity contribution in [2.75, 3.05) is 25.0 Å². The molecule has 0 aliphatic carbocycles. The molecule has 0 saturated heterocycles. The number of nitrogens with one attached hydrogen (secondary N) is 1. The summed E-state index contributed by atoms with van der Waals surface area (Å²) in [5.41, 5.74) is 2.97. The highest BCUT2D eigenvalue weighted by Crippen LogP contribution is 2.18. The molecule has 6 nitrogen and oxygen atoms in total. The molecular formula is C17H19N5O. The Morgan fingerprint density at radius 1 is 1.26 bits per heavy atom. The van der Waals surface area contributed by atoms with E-state index in [1.807, 2.05) is 6.07 Å². The van der Waals surface area contributed by atoms with Gasteiger partial charge in [-0.05, 0) is 17.5 Å². The number of anilines is 1. The molecule has 1 aromatic carbocycles. The van der Waals surface area contributed by atoms with Crippen molar-refractivity contribution in [3.8, 4) is 6.07 Å². The monoisotopic (exact) mass is 309 g/mol. The second-order valence-electron chi connectivity index (χ2n) is 5.65. The minimum Gasteiger partial charge on any atom is -0.390 e. The van der Waals surface area contributed by atoms with Crippen molar-refractivity contribution >= 4 is 5.82 Å². The van der Waals surface area contributed by atoms with Crippen molar-refractivity contribution in [1.82, 2.24) is 14.9 Å². The van der Waals surface area contributed by atoms with Crippen LogP contribution in [0, 0.1) is 11.3 Å². The number of aliphatic hydroxyl groups is 1. The predicted molar refractivity (Wildman–Crippen MR) is 86.7 cm³/mol. The summed E-state index contributed by atoms with van der Waals surface area (Å²) in [5, 5.41) is 22.2. The van der Waals surface area contributed by atoms with Gasteiger partial charge in [-0.2, -0.15) is 5.26 Å². The van der Waals surface area contributed by atoms with Crippen molar-refractivity contribution in [2.24, 2.45) is 0 Å². The normalized spacial score (nSPS) is 15.5. The molecule has 3 rings (SSSR count). The summed E-state index contributed by atoms with van der Waals surface area (Å²) in [5.74, 6) is 0.415. The molecule has 2 heterocycles. The van der Waals surface area contributed by atoms with Crippen LogP contribution in [0.25, 0.3) is 0 Å². The van der Waals surface area contributed by atoms with E-state index in [2.05, 4.69) is 44.5 Å². The first kappa shape index (κ1) is 15.4. The summed E-state index contributed by atoms with van der Waals surface area (Å²) in [4.78, 5) is 10.3. The lowest BCUT2D eigenvalue weighted by Gasteiger charge is -2.30. The zero-order chi connectivity index (χ0) is 16.1. The van der Waals surface area contributed by atoms with Crippen LogP contribution in [-0.2, 0) is 13.0 Å². The van der Waals surface area contributed by atoms with Gasteiger partial charge >= 0.3 is 0 Å². The molecule has 23 heavy (non-hydrogen) atoms. The summed E-state index contributed by atoms with van der Waals surface area (Å²) >= 11 is 0. The zero-order valence-corrected chi connectivity index (χ0v) is 12.8. The SMILES string of the molecule is N#Cc1nccnc1NCC(O)CN1CCc2ccccc2C1. The smallest absolute Gasteiger partial charge is 0.182 e. The summed E-state index contributed by atoms with van der Waals surface area (Å²) in [6, 6.07) is 10.4. The molecule has 118 valence electrons. The number of nitrogens with zero attached hydrogens (tertiary/aromatic N) is 4. The van der Waals surface area contributed by atoms with Crippen molar-refractivity contribution < 1.29 is 5.11 Å². The van der Waals surface area contributed by atoms with Crippen LogP contribution < -0.4 is 5.32 Å². The minimum absolute atomic E-state index is 0.242. The van der Waals surface area contributed by atoms with Gasteiger partial charge in [0.15, 0.2) is 11.5 Å². The van der Waals surface area contributed by atoms with Crippen LogP contribution in [0.4, 0.5) is 5.82 Å². The van der Waals surface area contributed by atoms with E-state index in [4.69, 9.17) is 5.26 Å². The van der Waals surface area contributed by atoms with E-state index >= 15 is 0 Å². The van der Waals surface area contributed by atoms with Gasteiger partial charge in [0, 0.05) is 38.6 Å². The van der Waals surface area contributed by atoms with Gasteiger partial charge in [-0.15, -0.1) is 0 Å². The Morgan fingerprint density at radius 2 is 2.04 bits per heavy atom. The minimum atomic E-state index is -0.534. The number of aliphatic hydroxyl groups excluding tert-OH is 1. The van der Waals surface area contributed by atoms with Gasteiger partial charge < -0.3 is 10.4 Å². The zero-order valence-electron chi connectivity index (χ0n) is 12.8. The van der Waals surface area contributed by atoms with Crippen LogP contribution >= 0.6 is 0 Å². The molecule has 1 aliphatic heterocycles. The first-order valence-electron chi connectivity index (χ1n) is 7.68. The fraction of sp³-hybridized carbons (Fsp3) is 0.353. The van der Waals surface area contributed by atoms with Gasteiger partial charge in [-0.3, -0.25) is 4.90 Å². The average molecular weight is 309 g/mol. The van der Waals surface area contributed by atoms with E-state index in [0.717, 1.165) is 19.5 Å². The highest BCUT2D eigenvalue weighted by atomic mass is 16.3. The Hall–Kier alpha value is -2.49. The number of rotatable bonds is 5. The number of aromatic nitrogens is 2. The molecular weight excluding hydrogens is 290 g/mol. The van der Waals surface area contributed by atoms with Crippen LogP contribution in [0.5, 0.6) is 0 Å². The number of fused-ring (bicyclic) bond motifs is 1. The average Bonchev–Trinajstić information content (AvgIpc) is 2.60. The summed E-state index contributed by atoms with van der Waals surface area (Å²) in [6.07, 6.45) is 3.48. The highest BCUT2D eigenvalue weighted by Gasteiger charge is 2.18. The predicted octanol–water partition coefficient (Wildman–Crippen LogP) is 1.18. The lowest BCUT2D eigenvalue weighted by Crippen LogP contribution is -2.39.